The molecule has 0 aromatic heterocycles. The number of hydrogen-bond donors (Lipinski definition) is 0. The summed E-state index contributed by atoms with van der Waals surface area (Å²) in [6, 6.07) is 76.4. The van der Waals surface area contributed by atoms with Crippen molar-refractivity contribution >= 4 is 17.2 Å². The van der Waals surface area contributed by atoms with Crippen LogP contribution in [0.3, 0.4) is 0 Å². The molecule has 1 heterocycles. The van der Waals surface area contributed by atoms with Crippen molar-refractivity contribution in [3.05, 3.63) is 271 Å². The Labute approximate surface area is 410 Å². The Morgan fingerprint density at radius 1 is 0.357 bits per heavy atom. The van der Waals surface area contributed by atoms with Crippen LogP contribution >= 0.6 is 17.2 Å². The molecular weight excluding hydrogens is 907 g/mol. The molecule has 11 rings (SSSR count). The van der Waals surface area contributed by atoms with Crippen LogP contribution in [0.5, 0.6) is 40.2 Å². The Hall–Kier alpha value is -8.08. The van der Waals surface area contributed by atoms with E-state index in [1.807, 2.05) is 182 Å². The predicted molar refractivity (Wildman–Crippen MR) is 280 cm³/mol. The molecule has 0 saturated carbocycles. The molecule has 2 atom stereocenters. The summed E-state index contributed by atoms with van der Waals surface area (Å²) in [4.78, 5) is 0. The third-order valence-corrected chi connectivity index (χ3v) is 14.1. The monoisotopic (exact) mass is 952 g/mol. The Morgan fingerprint density at radius 3 is 1.19 bits per heavy atom. The molecule has 9 aromatic rings. The highest BCUT2D eigenvalue weighted by molar-refractivity contribution is 7.43. The van der Waals surface area contributed by atoms with Gasteiger partial charge in [-0.25, -0.2) is 0 Å². The first kappa shape index (κ1) is 44.4. The molecule has 9 heteroatoms. The number of rotatable bonds is 16. The fraction of sp³-hybridized carbons (Fsp3) is 0.0492. The molecular formula is C61H46O7P2. The minimum atomic E-state index is -2.15. The van der Waals surface area contributed by atoms with Gasteiger partial charge in [0.1, 0.15) is 23.0 Å². The van der Waals surface area contributed by atoms with Crippen LogP contribution < -0.4 is 27.4 Å². The average molecular weight is 953 g/mol. The van der Waals surface area contributed by atoms with Crippen LogP contribution in [0.1, 0.15) is 29.0 Å². The summed E-state index contributed by atoms with van der Waals surface area (Å²) in [5.74, 6) is 4.57. The molecule has 0 bridgehead atoms. The highest BCUT2D eigenvalue weighted by Gasteiger charge is 2.33. The third kappa shape index (κ3) is 10.0. The van der Waals surface area contributed by atoms with Crippen molar-refractivity contribution in [2.75, 3.05) is 0 Å². The zero-order chi connectivity index (χ0) is 46.9. The topological polar surface area (TPSA) is 64.6 Å². The lowest BCUT2D eigenvalue weighted by Gasteiger charge is -2.28. The Balaban J connectivity index is 0.935. The standard InChI is InChI=1S/C61H46O7P2/c1-5-23-44(24-6-1)50-33-13-17-37-54(50)63-69(64-55-38-18-14-34-51(55)45-25-7-2-8-26-45)67-58-41-21-31-48-43-49-32-22-42-59(61(49)62-60(48)58)68-70(65-56-39-19-15-35-52(56)46-27-9-3-10-28-46)66-57-40-20-16-36-53(57)47-29-11-4-12-30-47/h1-35,37-42,53H,36,43H2. The summed E-state index contributed by atoms with van der Waals surface area (Å²) < 4.78 is 48.3. The van der Waals surface area contributed by atoms with Crippen LogP contribution in [-0.4, -0.2) is 0 Å². The van der Waals surface area contributed by atoms with Gasteiger partial charge < -0.3 is 31.9 Å². The van der Waals surface area contributed by atoms with Gasteiger partial charge in [0.15, 0.2) is 23.0 Å². The van der Waals surface area contributed by atoms with E-state index >= 15 is 0 Å². The summed E-state index contributed by atoms with van der Waals surface area (Å²) in [5, 5.41) is 0. The van der Waals surface area contributed by atoms with E-state index in [4.69, 9.17) is 31.9 Å². The van der Waals surface area contributed by atoms with E-state index < -0.39 is 17.2 Å². The Bertz CT molecular complexity index is 3190. The minimum Gasteiger partial charge on any atom is -0.449 e. The average Bonchev–Trinajstić information content (AvgIpc) is 3.42. The van der Waals surface area contributed by atoms with Crippen molar-refractivity contribution in [2.24, 2.45) is 0 Å². The number of fused-ring (bicyclic) bond motifs is 2. The first-order valence-corrected chi connectivity index (χ1v) is 25.3. The van der Waals surface area contributed by atoms with Crippen LogP contribution in [0.2, 0.25) is 0 Å². The quantitative estimate of drug-likeness (QED) is 0.0894. The fourth-order valence-electron chi connectivity index (χ4n) is 8.58. The Morgan fingerprint density at radius 2 is 0.729 bits per heavy atom. The molecule has 342 valence electrons. The second-order valence-electron chi connectivity index (χ2n) is 16.5. The molecule has 0 amide bonds. The molecule has 2 unspecified atom stereocenters. The highest BCUT2D eigenvalue weighted by Crippen LogP contribution is 2.56. The van der Waals surface area contributed by atoms with E-state index in [9.17, 15) is 0 Å². The zero-order valence-corrected chi connectivity index (χ0v) is 39.7. The maximum absolute atomic E-state index is 6.97. The number of ether oxygens (including phenoxy) is 1. The lowest BCUT2D eigenvalue weighted by molar-refractivity contribution is 0.305. The number of para-hydroxylation sites is 5. The van der Waals surface area contributed by atoms with E-state index in [0.29, 0.717) is 46.7 Å². The molecule has 1 aliphatic heterocycles. The van der Waals surface area contributed by atoms with E-state index in [0.717, 1.165) is 62.3 Å². The van der Waals surface area contributed by atoms with Crippen molar-refractivity contribution in [3.63, 3.8) is 0 Å². The van der Waals surface area contributed by atoms with Crippen molar-refractivity contribution < 1.29 is 31.9 Å². The first-order valence-electron chi connectivity index (χ1n) is 23.1. The van der Waals surface area contributed by atoms with E-state index in [1.165, 1.54) is 0 Å². The van der Waals surface area contributed by atoms with Crippen molar-refractivity contribution in [2.45, 2.75) is 18.8 Å². The molecule has 0 spiro atoms. The molecule has 2 aliphatic rings. The van der Waals surface area contributed by atoms with Gasteiger partial charge in [-0.05, 0) is 65.1 Å². The molecule has 0 fully saturated rings. The first-order chi connectivity index (χ1) is 34.7. The number of hydrogen-bond acceptors (Lipinski definition) is 7. The van der Waals surface area contributed by atoms with Crippen LogP contribution in [0, 0.1) is 0 Å². The lowest BCUT2D eigenvalue weighted by atomic mass is 9.91. The molecule has 70 heavy (non-hydrogen) atoms. The van der Waals surface area contributed by atoms with Crippen molar-refractivity contribution in [1.82, 2.24) is 0 Å². The summed E-state index contributed by atoms with van der Waals surface area (Å²) >= 11 is 0. The Kier molecular flexibility index (Phi) is 13.4. The van der Waals surface area contributed by atoms with E-state index in [1.54, 1.807) is 0 Å². The molecule has 0 radical (unpaired) electrons. The molecule has 0 saturated heterocycles. The normalized spacial score (nSPS) is 14.0. The van der Waals surface area contributed by atoms with Crippen LogP contribution in [0.25, 0.3) is 33.4 Å². The summed E-state index contributed by atoms with van der Waals surface area (Å²) in [6.45, 7) is 0. The van der Waals surface area contributed by atoms with Crippen LogP contribution in [0.15, 0.2) is 255 Å². The number of benzene rings is 9. The molecule has 1 aliphatic carbocycles. The predicted octanol–water partition coefficient (Wildman–Crippen LogP) is 17.5. The smallest absolute Gasteiger partial charge is 0.449 e. The van der Waals surface area contributed by atoms with Gasteiger partial charge in [-0.15, -0.1) is 0 Å². The van der Waals surface area contributed by atoms with Gasteiger partial charge >= 0.3 is 17.2 Å². The van der Waals surface area contributed by atoms with Crippen molar-refractivity contribution in [1.29, 1.82) is 0 Å². The largest absolute Gasteiger partial charge is 0.530 e. The summed E-state index contributed by atoms with van der Waals surface area (Å²) in [6.07, 6.45) is 7.50. The summed E-state index contributed by atoms with van der Waals surface area (Å²) in [7, 11) is -4.27. The lowest BCUT2D eigenvalue weighted by Crippen LogP contribution is -2.11. The number of allylic oxidation sites excluding steroid dienone is 4. The van der Waals surface area contributed by atoms with Gasteiger partial charge in [-0.3, -0.25) is 0 Å². The molecule has 9 aromatic carbocycles. The third-order valence-electron chi connectivity index (χ3n) is 12.0. The minimum absolute atomic E-state index is 0.0288. The van der Waals surface area contributed by atoms with Crippen LogP contribution in [-0.2, 0) is 10.9 Å². The van der Waals surface area contributed by atoms with Crippen molar-refractivity contribution in [3.8, 4) is 73.6 Å². The SMILES string of the molecule is C1=CCC(c2ccccc2)C(OP(Oc2ccccc2-c2ccccc2)Oc2cccc3c2Oc2c(cccc2OP(Oc2ccccc2-c2ccccc2)Oc2ccccc2-c2ccccc2)C3)=C1. The zero-order valence-electron chi connectivity index (χ0n) is 37.9. The van der Waals surface area contributed by atoms with Crippen LogP contribution in [0.4, 0.5) is 0 Å². The van der Waals surface area contributed by atoms with Gasteiger partial charge in [0.2, 0.25) is 0 Å². The van der Waals surface area contributed by atoms with Gasteiger partial charge in [-0.2, -0.15) is 0 Å². The van der Waals surface area contributed by atoms with Gasteiger partial charge in [0.05, 0.1) is 0 Å². The maximum atomic E-state index is 6.97. The van der Waals surface area contributed by atoms with Gasteiger partial charge in [-0.1, -0.05) is 212 Å². The highest BCUT2D eigenvalue weighted by atomic mass is 31.2. The second kappa shape index (κ2) is 21.1. The van der Waals surface area contributed by atoms with Gasteiger partial charge in [0.25, 0.3) is 0 Å². The van der Waals surface area contributed by atoms with E-state index in [2.05, 4.69) is 66.7 Å². The van der Waals surface area contributed by atoms with Gasteiger partial charge in [0, 0.05) is 40.2 Å². The summed E-state index contributed by atoms with van der Waals surface area (Å²) in [5.41, 5.74) is 8.76. The fourth-order valence-corrected chi connectivity index (χ4v) is 10.7. The molecule has 7 nitrogen and oxygen atoms in total. The van der Waals surface area contributed by atoms with E-state index in [-0.39, 0.29) is 5.92 Å². The maximum Gasteiger partial charge on any atom is 0.530 e. The second-order valence-corrected chi connectivity index (χ2v) is 18.5. The molecule has 0 N–H and O–H groups in total.